The van der Waals surface area contributed by atoms with Gasteiger partial charge in [-0.05, 0) is 6.42 Å². The van der Waals surface area contributed by atoms with Crippen LogP contribution in [0.2, 0.25) is 0 Å². The van der Waals surface area contributed by atoms with Crippen molar-refractivity contribution < 1.29 is 4.74 Å². The lowest BCUT2D eigenvalue weighted by molar-refractivity contribution is 0.0184. The number of morpholine rings is 1. The molecule has 0 radical (unpaired) electrons. The molecule has 6 heteroatoms. The second-order valence-corrected chi connectivity index (χ2v) is 6.35. The van der Waals surface area contributed by atoms with Crippen LogP contribution in [0.3, 0.4) is 0 Å². The predicted molar refractivity (Wildman–Crippen MR) is 90.3 cm³/mol. The van der Waals surface area contributed by atoms with Gasteiger partial charge in [-0.1, -0.05) is 48.6 Å². The molecule has 5 nitrogen and oxygen atoms in total. The molecule has 1 aliphatic rings. The molecule has 0 aliphatic carbocycles. The maximum absolute atomic E-state index is 5.43. The Hall–Kier alpha value is -1.50. The summed E-state index contributed by atoms with van der Waals surface area (Å²) in [7, 11) is 0. The fraction of sp³-hybridized carbons (Fsp3) is 0.500. The number of rotatable bonds is 6. The molecule has 2 aromatic rings. The Bertz CT molecular complexity index is 569. The molecule has 0 unspecified atom stereocenters. The van der Waals surface area contributed by atoms with Crippen molar-refractivity contribution in [3.8, 4) is 10.6 Å². The molecular weight excluding hydrogens is 296 g/mol. The van der Waals surface area contributed by atoms with E-state index in [4.69, 9.17) is 4.74 Å². The van der Waals surface area contributed by atoms with E-state index in [0.29, 0.717) is 6.04 Å². The summed E-state index contributed by atoms with van der Waals surface area (Å²) in [6, 6.07) is 10.7. The van der Waals surface area contributed by atoms with Gasteiger partial charge in [-0.2, -0.15) is 0 Å². The van der Waals surface area contributed by atoms with E-state index in [2.05, 4.69) is 39.5 Å². The van der Waals surface area contributed by atoms with Crippen molar-refractivity contribution in [2.24, 2.45) is 0 Å². The highest BCUT2D eigenvalue weighted by Gasteiger charge is 2.19. The number of hydrogen-bond acceptors (Lipinski definition) is 6. The summed E-state index contributed by atoms with van der Waals surface area (Å²) in [5.74, 6) is 0. The zero-order chi connectivity index (χ0) is 15.2. The summed E-state index contributed by atoms with van der Waals surface area (Å²) >= 11 is 1.61. The maximum Gasteiger partial charge on any atom is 0.206 e. The van der Waals surface area contributed by atoms with Gasteiger partial charge in [0.2, 0.25) is 5.13 Å². The highest BCUT2D eigenvalue weighted by Crippen LogP contribution is 2.26. The minimum Gasteiger partial charge on any atom is -0.379 e. The minimum absolute atomic E-state index is 0.521. The van der Waals surface area contributed by atoms with E-state index < -0.39 is 0 Å². The Morgan fingerprint density at radius 3 is 2.73 bits per heavy atom. The van der Waals surface area contributed by atoms with Crippen LogP contribution in [0, 0.1) is 0 Å². The molecular formula is C16H22N4OS. The molecule has 0 spiro atoms. The first kappa shape index (κ1) is 15.4. The third-order valence-corrected chi connectivity index (χ3v) is 4.90. The number of ether oxygens (including phenoxy) is 1. The van der Waals surface area contributed by atoms with Gasteiger partial charge in [0.15, 0.2) is 0 Å². The Kier molecular flexibility index (Phi) is 5.37. The standard InChI is InChI=1S/C16H22N4OS/c1-2-14(20-8-10-21-11-9-20)12-17-16-19-18-15(22-16)13-6-4-3-5-7-13/h3-7,14H,2,8-12H2,1H3,(H,17,19)/t14-/m0/s1. The Morgan fingerprint density at radius 2 is 2.00 bits per heavy atom. The Labute approximate surface area is 135 Å². The van der Waals surface area contributed by atoms with Crippen molar-refractivity contribution in [3.05, 3.63) is 30.3 Å². The number of anilines is 1. The number of nitrogens with one attached hydrogen (secondary N) is 1. The van der Waals surface area contributed by atoms with Crippen LogP contribution in [0.25, 0.3) is 10.6 Å². The number of aromatic nitrogens is 2. The highest BCUT2D eigenvalue weighted by atomic mass is 32.1. The van der Waals surface area contributed by atoms with Crippen LogP contribution in [0.4, 0.5) is 5.13 Å². The van der Waals surface area contributed by atoms with E-state index in [0.717, 1.165) is 55.0 Å². The fourth-order valence-electron chi connectivity index (χ4n) is 2.67. The Balaban J connectivity index is 1.58. The van der Waals surface area contributed by atoms with Crippen molar-refractivity contribution in [3.63, 3.8) is 0 Å². The van der Waals surface area contributed by atoms with Gasteiger partial charge in [0.05, 0.1) is 13.2 Å². The van der Waals surface area contributed by atoms with Crippen molar-refractivity contribution >= 4 is 16.5 Å². The molecule has 1 aromatic heterocycles. The van der Waals surface area contributed by atoms with Crippen LogP contribution in [0.5, 0.6) is 0 Å². The first-order valence-electron chi connectivity index (χ1n) is 7.81. The molecule has 0 saturated carbocycles. The lowest BCUT2D eigenvalue weighted by Gasteiger charge is -2.33. The number of benzene rings is 1. The molecule has 3 rings (SSSR count). The van der Waals surface area contributed by atoms with Gasteiger partial charge < -0.3 is 10.1 Å². The molecule has 118 valence electrons. The van der Waals surface area contributed by atoms with Crippen LogP contribution in [-0.2, 0) is 4.74 Å². The molecule has 0 bridgehead atoms. The molecule has 1 saturated heterocycles. The van der Waals surface area contributed by atoms with E-state index in [1.165, 1.54) is 0 Å². The van der Waals surface area contributed by atoms with Crippen molar-refractivity contribution in [1.29, 1.82) is 0 Å². The van der Waals surface area contributed by atoms with Crippen LogP contribution in [0.1, 0.15) is 13.3 Å². The smallest absolute Gasteiger partial charge is 0.206 e. The predicted octanol–water partition coefficient (Wildman–Crippen LogP) is 2.73. The molecule has 1 fully saturated rings. The summed E-state index contributed by atoms with van der Waals surface area (Å²) < 4.78 is 5.43. The van der Waals surface area contributed by atoms with Crippen LogP contribution in [-0.4, -0.2) is 54.0 Å². The van der Waals surface area contributed by atoms with E-state index in [1.54, 1.807) is 11.3 Å². The zero-order valence-corrected chi connectivity index (χ0v) is 13.7. The molecule has 22 heavy (non-hydrogen) atoms. The molecule has 1 atom stereocenters. The first-order chi connectivity index (χ1) is 10.9. The van der Waals surface area contributed by atoms with Gasteiger partial charge in [-0.3, -0.25) is 4.90 Å². The zero-order valence-electron chi connectivity index (χ0n) is 12.9. The summed E-state index contributed by atoms with van der Waals surface area (Å²) in [4.78, 5) is 2.50. The second-order valence-electron chi connectivity index (χ2n) is 5.37. The van der Waals surface area contributed by atoms with E-state index >= 15 is 0 Å². The topological polar surface area (TPSA) is 50.3 Å². The summed E-state index contributed by atoms with van der Waals surface area (Å²) in [6.45, 7) is 6.86. The fourth-order valence-corrected chi connectivity index (χ4v) is 3.43. The maximum atomic E-state index is 5.43. The molecule has 1 aromatic carbocycles. The average Bonchev–Trinajstić information content (AvgIpc) is 3.06. The van der Waals surface area contributed by atoms with E-state index in [-0.39, 0.29) is 0 Å². The summed E-state index contributed by atoms with van der Waals surface area (Å²) in [5, 5.41) is 13.8. The quantitative estimate of drug-likeness (QED) is 0.887. The Morgan fingerprint density at radius 1 is 1.23 bits per heavy atom. The number of hydrogen-bond donors (Lipinski definition) is 1. The minimum atomic E-state index is 0.521. The van der Waals surface area contributed by atoms with Crippen molar-refractivity contribution in [2.45, 2.75) is 19.4 Å². The first-order valence-corrected chi connectivity index (χ1v) is 8.63. The third kappa shape index (κ3) is 3.82. The molecule has 1 N–H and O–H groups in total. The summed E-state index contributed by atoms with van der Waals surface area (Å²) in [5.41, 5.74) is 1.12. The molecule has 1 aliphatic heterocycles. The second kappa shape index (κ2) is 7.67. The lowest BCUT2D eigenvalue weighted by Crippen LogP contribution is -2.46. The van der Waals surface area contributed by atoms with Gasteiger partial charge in [-0.15, -0.1) is 10.2 Å². The van der Waals surface area contributed by atoms with Gasteiger partial charge in [-0.25, -0.2) is 0 Å². The van der Waals surface area contributed by atoms with Crippen LogP contribution < -0.4 is 5.32 Å². The van der Waals surface area contributed by atoms with Crippen LogP contribution >= 0.6 is 11.3 Å². The van der Waals surface area contributed by atoms with Crippen LogP contribution in [0.15, 0.2) is 30.3 Å². The summed E-state index contributed by atoms with van der Waals surface area (Å²) in [6.07, 6.45) is 1.12. The van der Waals surface area contributed by atoms with E-state index in [1.807, 2.05) is 18.2 Å². The monoisotopic (exact) mass is 318 g/mol. The molecule has 0 amide bonds. The van der Waals surface area contributed by atoms with Gasteiger partial charge in [0.25, 0.3) is 0 Å². The average molecular weight is 318 g/mol. The largest absolute Gasteiger partial charge is 0.379 e. The normalized spacial score (nSPS) is 17.3. The third-order valence-electron chi connectivity index (χ3n) is 3.97. The van der Waals surface area contributed by atoms with Gasteiger partial charge >= 0.3 is 0 Å². The van der Waals surface area contributed by atoms with Crippen molar-refractivity contribution in [2.75, 3.05) is 38.2 Å². The lowest BCUT2D eigenvalue weighted by atomic mass is 10.2. The highest BCUT2D eigenvalue weighted by molar-refractivity contribution is 7.18. The van der Waals surface area contributed by atoms with Gasteiger partial charge in [0, 0.05) is 31.2 Å². The SMILES string of the molecule is CC[C@@H](CNc1nnc(-c2ccccc2)s1)N1CCOCC1. The van der Waals surface area contributed by atoms with Gasteiger partial charge in [0.1, 0.15) is 5.01 Å². The van der Waals surface area contributed by atoms with E-state index in [9.17, 15) is 0 Å². The van der Waals surface area contributed by atoms with Crippen molar-refractivity contribution in [1.82, 2.24) is 15.1 Å². The molecule has 2 heterocycles. The number of nitrogens with zero attached hydrogens (tertiary/aromatic N) is 3.